The molecule has 3 amide bonds. The van der Waals surface area contributed by atoms with Gasteiger partial charge in [0.1, 0.15) is 5.54 Å². The van der Waals surface area contributed by atoms with Gasteiger partial charge < -0.3 is 10.1 Å². The van der Waals surface area contributed by atoms with Crippen LogP contribution in [0.4, 0.5) is 9.18 Å². The van der Waals surface area contributed by atoms with Gasteiger partial charge in [0.15, 0.2) is 11.6 Å². The van der Waals surface area contributed by atoms with Gasteiger partial charge in [0.25, 0.3) is 5.91 Å². The minimum Gasteiger partial charge on any atom is -0.490 e. The highest BCUT2D eigenvalue weighted by molar-refractivity contribution is 7.89. The van der Waals surface area contributed by atoms with Crippen LogP contribution in [0.3, 0.4) is 0 Å². The van der Waals surface area contributed by atoms with E-state index in [1.807, 2.05) is 0 Å². The molecule has 1 saturated heterocycles. The number of halogens is 1. The van der Waals surface area contributed by atoms with E-state index in [9.17, 15) is 22.4 Å². The van der Waals surface area contributed by atoms with E-state index in [0.717, 1.165) is 18.4 Å². The van der Waals surface area contributed by atoms with Crippen molar-refractivity contribution in [3.63, 3.8) is 0 Å². The third kappa shape index (κ3) is 5.29. The zero-order chi connectivity index (χ0) is 22.9. The van der Waals surface area contributed by atoms with Crippen molar-refractivity contribution in [3.8, 4) is 5.75 Å². The van der Waals surface area contributed by atoms with Crippen LogP contribution < -0.4 is 20.1 Å². The van der Waals surface area contributed by atoms with Crippen LogP contribution in [0.1, 0.15) is 57.1 Å². The van der Waals surface area contributed by atoms with Gasteiger partial charge in [0.2, 0.25) is 10.0 Å². The Balaban J connectivity index is 1.32. The first-order valence-electron chi connectivity index (χ1n) is 10.9. The normalized spacial score (nSPS) is 24.2. The zero-order valence-electron chi connectivity index (χ0n) is 17.9. The Morgan fingerprint density at radius 2 is 2.00 bits per heavy atom. The molecule has 1 heterocycles. The number of rotatable bonds is 8. The van der Waals surface area contributed by atoms with Crippen molar-refractivity contribution in [3.05, 3.63) is 41.2 Å². The van der Waals surface area contributed by atoms with Crippen LogP contribution in [-0.4, -0.2) is 38.3 Å². The lowest BCUT2D eigenvalue weighted by molar-refractivity contribution is -0.124. The van der Waals surface area contributed by atoms with Crippen molar-refractivity contribution in [2.24, 2.45) is 5.92 Å². The molecule has 1 atom stereocenters. The molecule has 2 aliphatic carbocycles. The summed E-state index contributed by atoms with van der Waals surface area (Å²) in [5, 5.41) is 4.95. The zero-order valence-corrected chi connectivity index (χ0v) is 18.8. The highest BCUT2D eigenvalue weighted by Gasteiger charge is 2.47. The van der Waals surface area contributed by atoms with Crippen LogP contribution >= 0.6 is 0 Å². The second kappa shape index (κ2) is 8.82. The summed E-state index contributed by atoms with van der Waals surface area (Å²) in [6.07, 6.45) is 5.83. The number of ether oxygens (including phenoxy) is 1. The van der Waals surface area contributed by atoms with Crippen LogP contribution in [0.25, 0.3) is 0 Å². The lowest BCUT2D eigenvalue weighted by Crippen LogP contribution is -2.48. The average molecular weight is 466 g/mol. The van der Waals surface area contributed by atoms with E-state index in [-0.39, 0.29) is 17.4 Å². The second-order valence-corrected chi connectivity index (χ2v) is 10.7. The molecule has 1 aromatic carbocycles. The van der Waals surface area contributed by atoms with Crippen LogP contribution in [0.2, 0.25) is 0 Å². The van der Waals surface area contributed by atoms with Gasteiger partial charge in [-0.05, 0) is 69.1 Å². The first kappa shape index (κ1) is 22.7. The monoisotopic (exact) mass is 465 g/mol. The Kier molecular flexibility index (Phi) is 6.26. The van der Waals surface area contributed by atoms with E-state index >= 15 is 0 Å². The van der Waals surface area contributed by atoms with E-state index in [4.69, 9.17) is 4.74 Å². The molecule has 1 spiro atoms. The van der Waals surface area contributed by atoms with E-state index in [1.54, 1.807) is 25.1 Å². The number of urea groups is 1. The number of hydrogen-bond donors (Lipinski definition) is 3. The largest absolute Gasteiger partial charge is 0.490 e. The number of hydrogen-bond acceptors (Lipinski definition) is 5. The van der Waals surface area contributed by atoms with Crippen LogP contribution in [0.5, 0.6) is 5.75 Å². The third-order valence-corrected chi connectivity index (χ3v) is 7.65. The highest BCUT2D eigenvalue weighted by Crippen LogP contribution is 2.34. The molecule has 10 heteroatoms. The van der Waals surface area contributed by atoms with Gasteiger partial charge in [-0.25, -0.2) is 22.3 Å². The van der Waals surface area contributed by atoms with Gasteiger partial charge in [-0.3, -0.25) is 10.1 Å². The first-order valence-corrected chi connectivity index (χ1v) is 12.5. The van der Waals surface area contributed by atoms with Gasteiger partial charge in [-0.15, -0.1) is 0 Å². The maximum Gasteiger partial charge on any atom is 0.322 e. The molecule has 0 unspecified atom stereocenters. The van der Waals surface area contributed by atoms with E-state index in [0.29, 0.717) is 43.8 Å². The maximum atomic E-state index is 14.0. The molecule has 1 aliphatic heterocycles. The Labute approximate surface area is 187 Å². The Morgan fingerprint density at radius 3 is 2.62 bits per heavy atom. The first-order chi connectivity index (χ1) is 15.2. The quantitative estimate of drug-likeness (QED) is 0.404. The molecular formula is C22H28FN3O5S. The number of benzene rings is 1. The molecule has 8 nitrogen and oxygen atoms in total. The average Bonchev–Trinajstić information content (AvgIpc) is 3.52. The summed E-state index contributed by atoms with van der Waals surface area (Å²) in [6.45, 7) is 2.18. The topological polar surface area (TPSA) is 114 Å². The van der Waals surface area contributed by atoms with Crippen LogP contribution in [0.15, 0.2) is 29.8 Å². The molecule has 4 rings (SSSR count). The highest BCUT2D eigenvalue weighted by atomic mass is 32.2. The number of carbonyl (C=O) groups is 2. The van der Waals surface area contributed by atoms with Crippen molar-refractivity contribution in [2.45, 2.75) is 57.0 Å². The fraction of sp³-hybridized carbons (Fsp3) is 0.545. The summed E-state index contributed by atoms with van der Waals surface area (Å²) in [6, 6.07) is 3.36. The number of allylic oxidation sites excluding steroid dienone is 1. The summed E-state index contributed by atoms with van der Waals surface area (Å²) < 4.78 is 47.4. The van der Waals surface area contributed by atoms with Crippen LogP contribution in [-0.2, 0) is 14.8 Å². The smallest absolute Gasteiger partial charge is 0.322 e. The molecule has 3 fully saturated rings. The molecule has 174 valence electrons. The van der Waals surface area contributed by atoms with E-state index < -0.39 is 33.5 Å². The summed E-state index contributed by atoms with van der Waals surface area (Å²) in [5.74, 6) is -0.344. The van der Waals surface area contributed by atoms with E-state index in [2.05, 4.69) is 15.4 Å². The molecule has 0 aromatic heterocycles. The summed E-state index contributed by atoms with van der Waals surface area (Å²) in [4.78, 5) is 23.4. The number of imide groups is 1. The molecule has 3 aliphatic rings. The van der Waals surface area contributed by atoms with Crippen LogP contribution in [0, 0.1) is 11.7 Å². The van der Waals surface area contributed by atoms with Crippen molar-refractivity contribution < 1.29 is 27.1 Å². The Morgan fingerprint density at radius 1 is 1.28 bits per heavy atom. The number of sulfonamides is 1. The second-order valence-electron chi connectivity index (χ2n) is 8.92. The predicted octanol–water partition coefficient (Wildman–Crippen LogP) is 2.67. The molecule has 1 aromatic rings. The van der Waals surface area contributed by atoms with Gasteiger partial charge in [0, 0.05) is 6.04 Å². The Hall–Kier alpha value is -2.46. The lowest BCUT2D eigenvalue weighted by atomic mass is 9.79. The maximum absolute atomic E-state index is 14.0. The van der Waals surface area contributed by atoms with Gasteiger partial charge in [0.05, 0.1) is 12.4 Å². The third-order valence-electron chi connectivity index (χ3n) is 6.33. The summed E-state index contributed by atoms with van der Waals surface area (Å²) in [7, 11) is -3.62. The van der Waals surface area contributed by atoms with Crippen molar-refractivity contribution in [1.29, 1.82) is 0 Å². The lowest BCUT2D eigenvalue weighted by Gasteiger charge is -2.31. The molecule has 2 saturated carbocycles. The molecule has 0 bridgehead atoms. The molecule has 32 heavy (non-hydrogen) atoms. The van der Waals surface area contributed by atoms with Crippen molar-refractivity contribution in [2.75, 3.05) is 12.4 Å². The number of nitrogens with one attached hydrogen (secondary N) is 3. The molecule has 0 radical (unpaired) electrons. The van der Waals surface area contributed by atoms with Gasteiger partial charge >= 0.3 is 6.03 Å². The SMILES string of the molecule is C[C@@H](NS(=O)(=O)CC=C1CCC2(CC1)NC(=O)NC2=O)c1ccc(F)c(OCC2CC2)c1. The van der Waals surface area contributed by atoms with Crippen molar-refractivity contribution >= 4 is 22.0 Å². The van der Waals surface area contributed by atoms with Gasteiger partial charge in [-0.1, -0.05) is 17.7 Å². The standard InChI is InChI=1S/C22H28FN3O5S/c1-14(17-4-5-18(23)19(12-17)31-13-16-2-3-16)26-32(29,30)11-8-15-6-9-22(10-7-15)20(27)24-21(28)25-22/h4-5,8,12,14,16,26H,2-3,6-7,9-11,13H2,1H3,(H2,24,25,27,28)/t14-,22?/m1/s1. The van der Waals surface area contributed by atoms with Gasteiger partial charge in [-0.2, -0.15) is 0 Å². The number of amides is 3. The van der Waals surface area contributed by atoms with E-state index in [1.165, 1.54) is 6.07 Å². The summed E-state index contributed by atoms with van der Waals surface area (Å²) in [5.41, 5.74) is 0.693. The minimum absolute atomic E-state index is 0.141. The number of carbonyl (C=O) groups excluding carboxylic acids is 2. The summed E-state index contributed by atoms with van der Waals surface area (Å²) >= 11 is 0. The fourth-order valence-electron chi connectivity index (χ4n) is 4.09. The fourth-order valence-corrected chi connectivity index (χ4v) is 5.31. The molecular weight excluding hydrogens is 437 g/mol. The van der Waals surface area contributed by atoms with Crippen molar-refractivity contribution in [1.82, 2.24) is 15.4 Å². The minimum atomic E-state index is -3.62. The Bertz CT molecular complexity index is 1040. The molecule has 3 N–H and O–H groups in total. The predicted molar refractivity (Wildman–Crippen MR) is 116 cm³/mol.